The molecule has 0 saturated carbocycles. The smallest absolute Gasteiger partial charge is 0.223 e. The lowest BCUT2D eigenvalue weighted by Crippen LogP contribution is -2.02. The van der Waals surface area contributed by atoms with Gasteiger partial charge in [0.2, 0.25) is 5.95 Å². The Bertz CT molecular complexity index is 538. The number of hydrogen-bond acceptors (Lipinski definition) is 5. The third-order valence-corrected chi connectivity index (χ3v) is 3.83. The number of halogens is 2. The van der Waals surface area contributed by atoms with Crippen molar-refractivity contribution in [2.45, 2.75) is 0 Å². The van der Waals surface area contributed by atoms with Crippen molar-refractivity contribution in [3.63, 3.8) is 0 Å². The van der Waals surface area contributed by atoms with E-state index >= 15 is 0 Å². The zero-order valence-corrected chi connectivity index (χ0v) is 11.8. The molecule has 7 heteroatoms. The van der Waals surface area contributed by atoms with Crippen LogP contribution in [0, 0.1) is 0 Å². The largest absolute Gasteiger partial charge is 0.383 e. The quantitative estimate of drug-likeness (QED) is 0.767. The van der Waals surface area contributed by atoms with Crippen molar-refractivity contribution in [1.82, 2.24) is 9.97 Å². The van der Waals surface area contributed by atoms with Crippen LogP contribution in [0.4, 0.5) is 23.3 Å². The van der Waals surface area contributed by atoms with E-state index in [0.29, 0.717) is 11.6 Å². The summed E-state index contributed by atoms with van der Waals surface area (Å²) in [6.45, 7) is 0. The zero-order valence-electron chi connectivity index (χ0n) is 8.61. The summed E-state index contributed by atoms with van der Waals surface area (Å²) < 4.78 is 1.92. The predicted octanol–water partition coefficient (Wildman–Crippen LogP) is 2.91. The van der Waals surface area contributed by atoms with Crippen molar-refractivity contribution in [2.75, 3.05) is 16.8 Å². The first kappa shape index (κ1) is 12.1. The van der Waals surface area contributed by atoms with Crippen molar-refractivity contribution >= 4 is 55.1 Å². The number of nitrogen functional groups attached to an aromatic ring is 2. The number of rotatable bonds is 2. The molecule has 0 aliphatic carbocycles. The Morgan fingerprint density at radius 2 is 1.76 bits per heavy atom. The second-order valence-electron chi connectivity index (χ2n) is 3.29. The topological polar surface area (TPSA) is 89.8 Å². The van der Waals surface area contributed by atoms with E-state index in [0.717, 1.165) is 14.6 Å². The molecule has 88 valence electrons. The van der Waals surface area contributed by atoms with E-state index in [-0.39, 0.29) is 5.95 Å². The Labute approximate surface area is 115 Å². The minimum atomic E-state index is 0.142. The van der Waals surface area contributed by atoms with Gasteiger partial charge in [-0.15, -0.1) is 0 Å². The minimum Gasteiger partial charge on any atom is -0.383 e. The molecule has 0 amide bonds. The number of nitrogens with two attached hydrogens (primary N) is 2. The monoisotopic (exact) mass is 357 g/mol. The van der Waals surface area contributed by atoms with E-state index in [1.165, 1.54) is 0 Å². The van der Waals surface area contributed by atoms with E-state index < -0.39 is 0 Å². The van der Waals surface area contributed by atoms with E-state index in [1.54, 1.807) is 6.07 Å². The fraction of sp³-hybridized carbons (Fsp3) is 0. The number of nitrogens with one attached hydrogen (secondary N) is 1. The molecule has 0 saturated heterocycles. The summed E-state index contributed by atoms with van der Waals surface area (Å²) in [5.74, 6) is 1.03. The number of anilines is 4. The van der Waals surface area contributed by atoms with Crippen LogP contribution in [0.1, 0.15) is 0 Å². The lowest BCUT2D eigenvalue weighted by Gasteiger charge is -2.07. The number of hydrogen-bond donors (Lipinski definition) is 3. The molecule has 0 unspecified atom stereocenters. The van der Waals surface area contributed by atoms with Crippen LogP contribution in [-0.2, 0) is 0 Å². The summed E-state index contributed by atoms with van der Waals surface area (Å²) in [6.07, 6.45) is 0. The standard InChI is InChI=1S/C10H9Br2N5/c11-6-2-1-5(3-7(6)12)15-9-4-8(13)16-10(14)17-9/h1-4H,(H5,13,14,15,16,17). The molecule has 1 aromatic heterocycles. The third kappa shape index (κ3) is 3.07. The van der Waals surface area contributed by atoms with Crippen LogP contribution >= 0.6 is 31.9 Å². The second-order valence-corrected chi connectivity index (χ2v) is 5.00. The molecule has 0 atom stereocenters. The number of aromatic nitrogens is 2. The molecule has 0 aliphatic heterocycles. The van der Waals surface area contributed by atoms with Crippen molar-refractivity contribution < 1.29 is 0 Å². The molecule has 17 heavy (non-hydrogen) atoms. The van der Waals surface area contributed by atoms with Gasteiger partial charge in [-0.2, -0.15) is 9.97 Å². The van der Waals surface area contributed by atoms with Gasteiger partial charge in [0.05, 0.1) is 0 Å². The molecule has 0 radical (unpaired) electrons. The Kier molecular flexibility index (Phi) is 3.49. The van der Waals surface area contributed by atoms with Crippen molar-refractivity contribution in [3.05, 3.63) is 33.2 Å². The molecular formula is C10H9Br2N5. The van der Waals surface area contributed by atoms with Gasteiger partial charge < -0.3 is 16.8 Å². The first-order valence-electron chi connectivity index (χ1n) is 4.67. The molecule has 0 fully saturated rings. The Balaban J connectivity index is 2.28. The highest BCUT2D eigenvalue weighted by Gasteiger charge is 2.02. The summed E-state index contributed by atoms with van der Waals surface area (Å²) in [5, 5.41) is 3.09. The molecule has 5 nitrogen and oxygen atoms in total. The highest BCUT2D eigenvalue weighted by atomic mass is 79.9. The van der Waals surface area contributed by atoms with E-state index in [1.807, 2.05) is 18.2 Å². The van der Waals surface area contributed by atoms with Crippen LogP contribution in [0.15, 0.2) is 33.2 Å². The van der Waals surface area contributed by atoms with Gasteiger partial charge in [0.1, 0.15) is 11.6 Å². The van der Waals surface area contributed by atoms with Crippen molar-refractivity contribution in [3.8, 4) is 0 Å². The van der Waals surface area contributed by atoms with Gasteiger partial charge in [-0.3, -0.25) is 0 Å². The number of nitrogens with zero attached hydrogens (tertiary/aromatic N) is 2. The van der Waals surface area contributed by atoms with E-state index in [9.17, 15) is 0 Å². The molecule has 2 aromatic rings. The van der Waals surface area contributed by atoms with Gasteiger partial charge in [0.15, 0.2) is 0 Å². The SMILES string of the molecule is Nc1cc(Nc2ccc(Br)c(Br)c2)nc(N)n1. The first-order chi connectivity index (χ1) is 8.04. The minimum absolute atomic E-state index is 0.142. The molecular weight excluding hydrogens is 350 g/mol. The summed E-state index contributed by atoms with van der Waals surface area (Å²) in [7, 11) is 0. The Morgan fingerprint density at radius 1 is 1.00 bits per heavy atom. The third-order valence-electron chi connectivity index (χ3n) is 1.96. The maximum atomic E-state index is 5.58. The van der Waals surface area contributed by atoms with Crippen LogP contribution in [0.2, 0.25) is 0 Å². The molecule has 1 heterocycles. The maximum absolute atomic E-state index is 5.58. The fourth-order valence-corrected chi connectivity index (χ4v) is 1.90. The van der Waals surface area contributed by atoms with Crippen LogP contribution in [-0.4, -0.2) is 9.97 Å². The highest BCUT2D eigenvalue weighted by molar-refractivity contribution is 9.13. The second kappa shape index (κ2) is 4.89. The van der Waals surface area contributed by atoms with E-state index in [4.69, 9.17) is 11.5 Å². The van der Waals surface area contributed by atoms with Crippen LogP contribution in [0.3, 0.4) is 0 Å². The highest BCUT2D eigenvalue weighted by Crippen LogP contribution is 2.27. The Hall–Kier alpha value is -1.34. The summed E-state index contributed by atoms with van der Waals surface area (Å²) in [5.41, 5.74) is 12.0. The van der Waals surface area contributed by atoms with Crippen LogP contribution < -0.4 is 16.8 Å². The summed E-state index contributed by atoms with van der Waals surface area (Å²) in [6, 6.07) is 7.36. The molecule has 1 aromatic carbocycles. The van der Waals surface area contributed by atoms with Gasteiger partial charge in [-0.05, 0) is 50.1 Å². The normalized spacial score (nSPS) is 10.2. The van der Waals surface area contributed by atoms with Crippen LogP contribution in [0.25, 0.3) is 0 Å². The molecule has 0 spiro atoms. The lowest BCUT2D eigenvalue weighted by molar-refractivity contribution is 1.19. The average molecular weight is 359 g/mol. The van der Waals surface area contributed by atoms with Gasteiger partial charge >= 0.3 is 0 Å². The van der Waals surface area contributed by atoms with Crippen molar-refractivity contribution in [2.24, 2.45) is 0 Å². The first-order valence-corrected chi connectivity index (χ1v) is 6.25. The lowest BCUT2D eigenvalue weighted by atomic mass is 10.3. The maximum Gasteiger partial charge on any atom is 0.223 e. The average Bonchev–Trinajstić information content (AvgIpc) is 2.22. The number of benzene rings is 1. The van der Waals surface area contributed by atoms with Gasteiger partial charge in [-0.1, -0.05) is 0 Å². The molecule has 0 bridgehead atoms. The summed E-state index contributed by atoms with van der Waals surface area (Å²) >= 11 is 6.82. The Morgan fingerprint density at radius 3 is 2.41 bits per heavy atom. The fourth-order valence-electron chi connectivity index (χ4n) is 1.27. The zero-order chi connectivity index (χ0) is 12.4. The molecule has 5 N–H and O–H groups in total. The van der Waals surface area contributed by atoms with Crippen molar-refractivity contribution in [1.29, 1.82) is 0 Å². The molecule has 0 aliphatic rings. The predicted molar refractivity (Wildman–Crippen MR) is 76.0 cm³/mol. The van der Waals surface area contributed by atoms with Gasteiger partial charge in [0, 0.05) is 20.7 Å². The van der Waals surface area contributed by atoms with E-state index in [2.05, 4.69) is 47.1 Å². The van der Waals surface area contributed by atoms with Gasteiger partial charge in [-0.25, -0.2) is 0 Å². The van der Waals surface area contributed by atoms with Gasteiger partial charge in [0.25, 0.3) is 0 Å². The van der Waals surface area contributed by atoms with Crippen LogP contribution in [0.5, 0.6) is 0 Å². The molecule has 2 rings (SSSR count). The summed E-state index contributed by atoms with van der Waals surface area (Å²) in [4.78, 5) is 7.83.